The zero-order chi connectivity index (χ0) is 14.0. The quantitative estimate of drug-likeness (QED) is 0.475. The van der Waals surface area contributed by atoms with Gasteiger partial charge in [0.1, 0.15) is 29.8 Å². The van der Waals surface area contributed by atoms with Gasteiger partial charge in [0.15, 0.2) is 5.82 Å². The lowest BCUT2D eigenvalue weighted by Gasteiger charge is -2.20. The first kappa shape index (κ1) is 13.7. The van der Waals surface area contributed by atoms with Gasteiger partial charge in [0.05, 0.1) is 18.5 Å². The number of aromatic amines is 1. The molecule has 0 fully saturated rings. The van der Waals surface area contributed by atoms with Crippen LogP contribution in [-0.2, 0) is 0 Å². The van der Waals surface area contributed by atoms with Crippen molar-refractivity contribution in [2.45, 2.75) is 25.2 Å². The van der Waals surface area contributed by atoms with E-state index in [-0.39, 0.29) is 5.69 Å². The molecule has 0 saturated carbocycles. The minimum atomic E-state index is -1.52. The number of aryl methyl sites for hydroxylation is 1. The molecule has 0 amide bonds. The predicted octanol–water partition coefficient (Wildman–Crippen LogP) is -0.879. The van der Waals surface area contributed by atoms with Crippen LogP contribution in [0.3, 0.4) is 0 Å². The van der Waals surface area contributed by atoms with Gasteiger partial charge in [-0.2, -0.15) is 0 Å². The lowest BCUT2D eigenvalue weighted by atomic mass is 10.1. The second-order valence-corrected chi connectivity index (χ2v) is 4.20. The molecule has 0 aromatic carbocycles. The summed E-state index contributed by atoms with van der Waals surface area (Å²) in [6.45, 7) is 1.08. The fourth-order valence-electron chi connectivity index (χ4n) is 1.60. The van der Waals surface area contributed by atoms with E-state index in [4.69, 9.17) is 9.63 Å². The lowest BCUT2D eigenvalue weighted by Crippen LogP contribution is -2.34. The molecule has 0 aliphatic carbocycles. The van der Waals surface area contributed by atoms with Gasteiger partial charge in [-0.15, -0.1) is 0 Å². The number of nitrogens with zero attached hydrogens (tertiary/aromatic N) is 2. The average molecular weight is 269 g/mol. The molecule has 2 aromatic heterocycles. The number of aliphatic hydroxyl groups excluding tert-OH is 4. The fraction of sp³-hybridized carbons (Fsp3) is 0.455. The summed E-state index contributed by atoms with van der Waals surface area (Å²) in [5.41, 5.74) is 0.670. The monoisotopic (exact) mass is 269 g/mol. The highest BCUT2D eigenvalue weighted by atomic mass is 16.5. The number of aromatic nitrogens is 3. The van der Waals surface area contributed by atoms with Crippen LogP contribution in [0.4, 0.5) is 0 Å². The van der Waals surface area contributed by atoms with Crippen LogP contribution >= 0.6 is 0 Å². The molecule has 0 saturated heterocycles. The molecule has 0 bridgehead atoms. The summed E-state index contributed by atoms with van der Waals surface area (Å²) < 4.78 is 4.90. The van der Waals surface area contributed by atoms with E-state index in [0.29, 0.717) is 17.3 Å². The number of imidazole rings is 1. The van der Waals surface area contributed by atoms with Crippen LogP contribution in [-0.4, -0.2) is 54.4 Å². The molecule has 104 valence electrons. The van der Waals surface area contributed by atoms with Gasteiger partial charge in [-0.3, -0.25) is 0 Å². The Morgan fingerprint density at radius 1 is 1.37 bits per heavy atom. The molecule has 8 heteroatoms. The molecule has 8 nitrogen and oxygen atoms in total. The van der Waals surface area contributed by atoms with Crippen molar-refractivity contribution in [3.8, 4) is 11.5 Å². The van der Waals surface area contributed by atoms with E-state index in [0.717, 1.165) is 0 Å². The Balaban J connectivity index is 2.17. The van der Waals surface area contributed by atoms with Gasteiger partial charge in [0.2, 0.25) is 0 Å². The van der Waals surface area contributed by atoms with Crippen molar-refractivity contribution in [3.05, 3.63) is 23.7 Å². The summed E-state index contributed by atoms with van der Waals surface area (Å²) in [6, 6.07) is 1.66. The van der Waals surface area contributed by atoms with Gasteiger partial charge in [0.25, 0.3) is 0 Å². The minimum absolute atomic E-state index is 0.204. The van der Waals surface area contributed by atoms with E-state index in [2.05, 4.69) is 15.1 Å². The maximum atomic E-state index is 9.82. The third kappa shape index (κ3) is 2.82. The van der Waals surface area contributed by atoms with Gasteiger partial charge >= 0.3 is 0 Å². The number of H-pyrrole nitrogens is 1. The smallest absolute Gasteiger partial charge is 0.159 e. The van der Waals surface area contributed by atoms with Crippen molar-refractivity contribution in [2.75, 3.05) is 6.61 Å². The summed E-state index contributed by atoms with van der Waals surface area (Å²) in [4.78, 5) is 6.76. The Hall–Kier alpha value is -1.74. The SMILES string of the molecule is Cc1cc(-c2ncc([C@@H](O)[C@H](O)[C@H](O)CO)[nH]2)no1. The van der Waals surface area contributed by atoms with Crippen LogP contribution < -0.4 is 0 Å². The van der Waals surface area contributed by atoms with E-state index >= 15 is 0 Å². The molecule has 0 aliphatic rings. The Kier molecular flexibility index (Phi) is 3.96. The molecule has 0 radical (unpaired) electrons. The predicted molar refractivity (Wildman–Crippen MR) is 62.9 cm³/mol. The van der Waals surface area contributed by atoms with Gasteiger partial charge < -0.3 is 29.9 Å². The van der Waals surface area contributed by atoms with Crippen LogP contribution in [0.2, 0.25) is 0 Å². The highest BCUT2D eigenvalue weighted by Crippen LogP contribution is 2.21. The molecule has 2 rings (SSSR count). The summed E-state index contributed by atoms with van der Waals surface area (Å²) in [7, 11) is 0. The zero-order valence-corrected chi connectivity index (χ0v) is 10.2. The molecule has 5 N–H and O–H groups in total. The number of aliphatic hydroxyl groups is 4. The summed E-state index contributed by atoms with van der Waals surface area (Å²) in [5.74, 6) is 0.987. The van der Waals surface area contributed by atoms with E-state index in [1.807, 2.05) is 0 Å². The molecular weight excluding hydrogens is 254 g/mol. The molecule has 0 spiro atoms. The molecule has 2 aromatic rings. The zero-order valence-electron chi connectivity index (χ0n) is 10.2. The molecule has 0 unspecified atom stereocenters. The van der Waals surface area contributed by atoms with E-state index in [9.17, 15) is 15.3 Å². The first-order chi connectivity index (χ1) is 9.02. The van der Waals surface area contributed by atoms with Crippen LogP contribution in [0.5, 0.6) is 0 Å². The topological polar surface area (TPSA) is 136 Å². The van der Waals surface area contributed by atoms with E-state index < -0.39 is 24.9 Å². The van der Waals surface area contributed by atoms with Gasteiger partial charge in [-0.1, -0.05) is 5.16 Å². The summed E-state index contributed by atoms with van der Waals surface area (Å²) in [5, 5.41) is 41.1. The standard InChI is InChI=1S/C11H15N3O5/c1-5-2-6(14-19-5)11-12-3-7(13-11)9(17)10(18)8(16)4-15/h2-3,8-10,15-18H,4H2,1H3,(H,12,13)/t8-,9-,10-/m1/s1. The van der Waals surface area contributed by atoms with Crippen molar-refractivity contribution < 1.29 is 24.9 Å². The van der Waals surface area contributed by atoms with Crippen molar-refractivity contribution in [3.63, 3.8) is 0 Å². The maximum absolute atomic E-state index is 9.82. The highest BCUT2D eigenvalue weighted by molar-refractivity contribution is 5.48. The molecule has 0 aliphatic heterocycles. The highest BCUT2D eigenvalue weighted by Gasteiger charge is 2.27. The van der Waals surface area contributed by atoms with Gasteiger partial charge in [-0.25, -0.2) is 4.98 Å². The van der Waals surface area contributed by atoms with Gasteiger partial charge in [0, 0.05) is 6.07 Å². The lowest BCUT2D eigenvalue weighted by molar-refractivity contribution is -0.0788. The average Bonchev–Trinajstić information content (AvgIpc) is 3.04. The van der Waals surface area contributed by atoms with Crippen LogP contribution in [0.25, 0.3) is 11.5 Å². The normalized spacial score (nSPS) is 16.3. The Labute approximate surface area is 108 Å². The van der Waals surface area contributed by atoms with Crippen molar-refractivity contribution in [2.24, 2.45) is 0 Å². The fourth-order valence-corrected chi connectivity index (χ4v) is 1.60. The Morgan fingerprint density at radius 2 is 2.11 bits per heavy atom. The van der Waals surface area contributed by atoms with Gasteiger partial charge in [-0.05, 0) is 6.92 Å². The number of hydrogen-bond donors (Lipinski definition) is 5. The molecule has 2 heterocycles. The van der Waals surface area contributed by atoms with Crippen molar-refractivity contribution >= 4 is 0 Å². The number of rotatable bonds is 5. The summed E-state index contributed by atoms with van der Waals surface area (Å²) in [6.07, 6.45) is -3.03. The second-order valence-electron chi connectivity index (χ2n) is 4.20. The number of hydrogen-bond acceptors (Lipinski definition) is 7. The van der Waals surface area contributed by atoms with Crippen molar-refractivity contribution in [1.82, 2.24) is 15.1 Å². The number of nitrogens with one attached hydrogen (secondary N) is 1. The Morgan fingerprint density at radius 3 is 2.68 bits per heavy atom. The summed E-state index contributed by atoms with van der Waals surface area (Å²) >= 11 is 0. The third-order valence-corrected chi connectivity index (χ3v) is 2.69. The molecule has 3 atom stereocenters. The van der Waals surface area contributed by atoms with E-state index in [1.54, 1.807) is 13.0 Å². The van der Waals surface area contributed by atoms with Crippen LogP contribution in [0.15, 0.2) is 16.8 Å². The van der Waals surface area contributed by atoms with E-state index in [1.165, 1.54) is 6.20 Å². The third-order valence-electron chi connectivity index (χ3n) is 2.69. The largest absolute Gasteiger partial charge is 0.394 e. The first-order valence-corrected chi connectivity index (χ1v) is 5.66. The van der Waals surface area contributed by atoms with Crippen molar-refractivity contribution in [1.29, 1.82) is 0 Å². The maximum Gasteiger partial charge on any atom is 0.159 e. The molecular formula is C11H15N3O5. The molecule has 19 heavy (non-hydrogen) atoms. The Bertz CT molecular complexity index is 538. The van der Waals surface area contributed by atoms with Crippen LogP contribution in [0.1, 0.15) is 17.6 Å². The second kappa shape index (κ2) is 5.49. The minimum Gasteiger partial charge on any atom is -0.394 e. The first-order valence-electron chi connectivity index (χ1n) is 5.66. The van der Waals surface area contributed by atoms with Crippen LogP contribution in [0, 0.1) is 6.92 Å².